The van der Waals surface area contributed by atoms with Crippen molar-refractivity contribution in [2.24, 2.45) is 0 Å². The van der Waals surface area contributed by atoms with Crippen LogP contribution in [-0.2, 0) is 0 Å². The highest BCUT2D eigenvalue weighted by Gasteiger charge is 2.14. The summed E-state index contributed by atoms with van der Waals surface area (Å²) >= 11 is 7.28. The zero-order valence-electron chi connectivity index (χ0n) is 16.6. The van der Waals surface area contributed by atoms with Gasteiger partial charge in [0.25, 0.3) is 11.1 Å². The highest BCUT2D eigenvalue weighted by molar-refractivity contribution is 8.13. The molecule has 29 heavy (non-hydrogen) atoms. The maximum Gasteiger partial charge on any atom is 0.286 e. The van der Waals surface area contributed by atoms with E-state index in [-0.39, 0.29) is 11.1 Å². The van der Waals surface area contributed by atoms with Crippen molar-refractivity contribution >= 4 is 40.2 Å². The van der Waals surface area contributed by atoms with Crippen LogP contribution in [0.25, 0.3) is 5.69 Å². The van der Waals surface area contributed by atoms with Crippen molar-refractivity contribution in [1.29, 1.82) is 0 Å². The van der Waals surface area contributed by atoms with Gasteiger partial charge in [0.2, 0.25) is 0 Å². The van der Waals surface area contributed by atoms with Crippen molar-refractivity contribution in [3.05, 3.63) is 70.5 Å². The Hall–Kier alpha value is -2.77. The summed E-state index contributed by atoms with van der Waals surface area (Å²) in [6.45, 7) is 3.75. The lowest BCUT2D eigenvalue weighted by atomic mass is 10.2. The predicted molar refractivity (Wildman–Crippen MR) is 117 cm³/mol. The van der Waals surface area contributed by atoms with E-state index < -0.39 is 0 Å². The molecule has 2 aromatic carbocycles. The summed E-state index contributed by atoms with van der Waals surface area (Å²) in [4.78, 5) is 26.9. The van der Waals surface area contributed by atoms with Crippen LogP contribution in [0.2, 0.25) is 5.02 Å². The molecule has 0 bridgehead atoms. The maximum absolute atomic E-state index is 12.7. The van der Waals surface area contributed by atoms with E-state index in [1.54, 1.807) is 43.0 Å². The van der Waals surface area contributed by atoms with E-state index in [2.05, 4.69) is 10.4 Å². The second kappa shape index (κ2) is 8.71. The molecule has 0 aliphatic heterocycles. The van der Waals surface area contributed by atoms with E-state index >= 15 is 0 Å². The summed E-state index contributed by atoms with van der Waals surface area (Å²) in [5, 5.41) is 7.82. The molecule has 0 fully saturated rings. The summed E-state index contributed by atoms with van der Waals surface area (Å²) in [6, 6.07) is 14.3. The second-order valence-corrected chi connectivity index (χ2v) is 8.03. The van der Waals surface area contributed by atoms with Gasteiger partial charge in [0.05, 0.1) is 27.8 Å². The highest BCUT2D eigenvalue weighted by Crippen LogP contribution is 2.29. The zero-order chi connectivity index (χ0) is 21.1. The molecular weight excluding hydrogens is 408 g/mol. The molecule has 6 nitrogen and oxygen atoms in total. The summed E-state index contributed by atoms with van der Waals surface area (Å²) in [7, 11) is 3.38. The van der Waals surface area contributed by atoms with E-state index in [4.69, 9.17) is 11.6 Å². The predicted octanol–water partition coefficient (Wildman–Crippen LogP) is 5.17. The van der Waals surface area contributed by atoms with Crippen molar-refractivity contribution in [1.82, 2.24) is 14.7 Å². The van der Waals surface area contributed by atoms with Crippen LogP contribution in [0.5, 0.6) is 0 Å². The van der Waals surface area contributed by atoms with Crippen LogP contribution < -0.4 is 5.32 Å². The quantitative estimate of drug-likeness (QED) is 0.582. The van der Waals surface area contributed by atoms with Crippen LogP contribution in [0.15, 0.2) is 53.4 Å². The molecule has 0 unspecified atom stereocenters. The Labute approximate surface area is 178 Å². The number of para-hydroxylation sites is 1. The molecule has 0 atom stereocenters. The fourth-order valence-electron chi connectivity index (χ4n) is 2.67. The molecule has 0 spiro atoms. The molecule has 2 amide bonds. The van der Waals surface area contributed by atoms with Gasteiger partial charge in [0.15, 0.2) is 0 Å². The lowest BCUT2D eigenvalue weighted by Crippen LogP contribution is -2.17. The number of halogens is 1. The average Bonchev–Trinajstić information content (AvgIpc) is 2.96. The normalized spacial score (nSPS) is 10.7. The molecule has 0 saturated carbocycles. The minimum atomic E-state index is -0.256. The monoisotopic (exact) mass is 428 g/mol. The van der Waals surface area contributed by atoms with Gasteiger partial charge in [-0.3, -0.25) is 9.59 Å². The highest BCUT2D eigenvalue weighted by atomic mass is 35.5. The second-order valence-electron chi connectivity index (χ2n) is 6.66. The Morgan fingerprint density at radius 1 is 1.07 bits per heavy atom. The van der Waals surface area contributed by atoms with E-state index in [1.165, 1.54) is 4.90 Å². The first-order valence-corrected chi connectivity index (χ1v) is 10.1. The molecule has 0 aliphatic carbocycles. The minimum absolute atomic E-state index is 0.111. The van der Waals surface area contributed by atoms with E-state index in [0.717, 1.165) is 28.8 Å². The summed E-state index contributed by atoms with van der Waals surface area (Å²) in [5.41, 5.74) is 3.51. The third-order valence-corrected chi connectivity index (χ3v) is 5.94. The van der Waals surface area contributed by atoms with Crippen molar-refractivity contribution in [2.75, 3.05) is 19.4 Å². The summed E-state index contributed by atoms with van der Waals surface area (Å²) < 4.78 is 1.75. The van der Waals surface area contributed by atoms with Crippen LogP contribution in [0.3, 0.4) is 0 Å². The van der Waals surface area contributed by atoms with E-state index in [0.29, 0.717) is 21.2 Å². The molecule has 0 radical (unpaired) electrons. The number of nitrogens with zero attached hydrogens (tertiary/aromatic N) is 3. The standard InChI is InChI=1S/C21H21ClN4O2S/c1-13-19(22)14(2)26(24-13)16-11-9-15(10-12-16)20(27)23-17-7-5-6-8-18(17)29-21(28)25(3)4/h5-12H,1-4H3,(H,23,27). The van der Waals surface area contributed by atoms with Gasteiger partial charge in [-0.25, -0.2) is 4.68 Å². The lowest BCUT2D eigenvalue weighted by Gasteiger charge is -2.13. The number of hydrogen-bond donors (Lipinski definition) is 1. The lowest BCUT2D eigenvalue weighted by molar-refractivity contribution is 0.102. The van der Waals surface area contributed by atoms with Crippen LogP contribution >= 0.6 is 23.4 Å². The Morgan fingerprint density at radius 2 is 1.72 bits per heavy atom. The maximum atomic E-state index is 12.7. The van der Waals surface area contributed by atoms with Crippen molar-refractivity contribution in [3.8, 4) is 5.69 Å². The zero-order valence-corrected chi connectivity index (χ0v) is 18.1. The molecule has 1 N–H and O–H groups in total. The van der Waals surface area contributed by atoms with E-state index in [9.17, 15) is 9.59 Å². The fraction of sp³-hybridized carbons (Fsp3) is 0.190. The molecule has 0 saturated heterocycles. The first-order valence-electron chi connectivity index (χ1n) is 8.89. The van der Waals surface area contributed by atoms with Crippen molar-refractivity contribution < 1.29 is 9.59 Å². The van der Waals surface area contributed by atoms with Crippen LogP contribution in [0.4, 0.5) is 10.5 Å². The average molecular weight is 429 g/mol. The Bertz CT molecular complexity index is 1060. The van der Waals surface area contributed by atoms with Crippen LogP contribution in [0.1, 0.15) is 21.7 Å². The number of amides is 2. The topological polar surface area (TPSA) is 67.2 Å². The molecule has 0 aliphatic rings. The van der Waals surface area contributed by atoms with Gasteiger partial charge in [-0.15, -0.1) is 0 Å². The number of aryl methyl sites for hydroxylation is 1. The Kier molecular flexibility index (Phi) is 6.30. The third-order valence-electron chi connectivity index (χ3n) is 4.27. The van der Waals surface area contributed by atoms with Crippen LogP contribution in [-0.4, -0.2) is 39.9 Å². The third kappa shape index (κ3) is 4.63. The fourth-order valence-corrected chi connectivity index (χ4v) is 3.53. The number of benzene rings is 2. The first-order chi connectivity index (χ1) is 13.8. The molecular formula is C21H21ClN4O2S. The number of carbonyl (C=O) groups excluding carboxylic acids is 2. The van der Waals surface area contributed by atoms with Crippen LogP contribution in [0, 0.1) is 13.8 Å². The molecule has 1 aromatic heterocycles. The summed E-state index contributed by atoms with van der Waals surface area (Å²) in [6.07, 6.45) is 0. The molecule has 150 valence electrons. The van der Waals surface area contributed by atoms with Gasteiger partial charge in [-0.1, -0.05) is 23.7 Å². The van der Waals surface area contributed by atoms with Gasteiger partial charge in [0, 0.05) is 24.6 Å². The number of rotatable bonds is 4. The summed E-state index contributed by atoms with van der Waals surface area (Å²) in [5.74, 6) is -0.256. The number of aromatic nitrogens is 2. The molecule has 1 heterocycles. The number of carbonyl (C=O) groups is 2. The van der Waals surface area contributed by atoms with Gasteiger partial charge in [-0.05, 0) is 62.0 Å². The van der Waals surface area contributed by atoms with Gasteiger partial charge >= 0.3 is 0 Å². The Balaban J connectivity index is 1.78. The van der Waals surface area contributed by atoms with Gasteiger partial charge in [0.1, 0.15) is 0 Å². The molecule has 3 rings (SSSR count). The van der Waals surface area contributed by atoms with E-state index in [1.807, 2.05) is 38.1 Å². The SMILES string of the molecule is Cc1nn(-c2ccc(C(=O)Nc3ccccc3SC(=O)N(C)C)cc2)c(C)c1Cl. The number of nitrogens with one attached hydrogen (secondary N) is 1. The molecule has 3 aromatic rings. The molecule has 8 heteroatoms. The minimum Gasteiger partial charge on any atom is -0.339 e. The van der Waals surface area contributed by atoms with Gasteiger partial charge in [-0.2, -0.15) is 5.10 Å². The number of thioether (sulfide) groups is 1. The van der Waals surface area contributed by atoms with Crippen molar-refractivity contribution in [2.45, 2.75) is 18.7 Å². The number of anilines is 1. The van der Waals surface area contributed by atoms with Gasteiger partial charge < -0.3 is 10.2 Å². The smallest absolute Gasteiger partial charge is 0.286 e. The Morgan fingerprint density at radius 3 is 2.31 bits per heavy atom. The largest absolute Gasteiger partial charge is 0.339 e. The number of hydrogen-bond acceptors (Lipinski definition) is 4. The first kappa shape index (κ1) is 21.0. The van der Waals surface area contributed by atoms with Crippen molar-refractivity contribution in [3.63, 3.8) is 0 Å².